The lowest BCUT2D eigenvalue weighted by atomic mass is 10.2. The molecule has 2 N–H and O–H groups in total. The van der Waals surface area contributed by atoms with Crippen LogP contribution in [0.15, 0.2) is 29.2 Å². The fourth-order valence-electron chi connectivity index (χ4n) is 1.77. The van der Waals surface area contributed by atoms with Gasteiger partial charge in [-0.25, -0.2) is 0 Å². The van der Waals surface area contributed by atoms with Crippen LogP contribution >= 0.6 is 11.8 Å². The average molecular weight is 296 g/mol. The maximum atomic E-state index is 11.1. The number of hydrogen-bond acceptors (Lipinski definition) is 5. The van der Waals surface area contributed by atoms with Crippen LogP contribution in [0.4, 0.5) is 5.69 Å². The van der Waals surface area contributed by atoms with E-state index in [1.807, 2.05) is 0 Å². The third kappa shape index (κ3) is 4.50. The number of nitro groups is 1. The van der Waals surface area contributed by atoms with Gasteiger partial charge < -0.3 is 10.4 Å². The Morgan fingerprint density at radius 1 is 1.45 bits per heavy atom. The van der Waals surface area contributed by atoms with Gasteiger partial charge in [0.2, 0.25) is 0 Å². The number of thioether (sulfide) groups is 1. The molecule has 6 nitrogen and oxygen atoms in total. The Morgan fingerprint density at radius 2 is 2.10 bits per heavy atom. The highest BCUT2D eigenvalue weighted by molar-refractivity contribution is 7.99. The molecule has 20 heavy (non-hydrogen) atoms. The number of nitro benzene ring substituents is 1. The number of carbonyl (C=O) groups is 1. The number of nitrogens with one attached hydrogen (secondary N) is 1. The van der Waals surface area contributed by atoms with Gasteiger partial charge in [0.15, 0.2) is 0 Å². The molecule has 1 atom stereocenters. The van der Waals surface area contributed by atoms with E-state index in [-0.39, 0.29) is 5.69 Å². The number of nitrogens with zero attached hydrogens (tertiary/aromatic N) is 1. The zero-order valence-corrected chi connectivity index (χ0v) is 11.6. The van der Waals surface area contributed by atoms with Crippen molar-refractivity contribution in [2.45, 2.75) is 36.2 Å². The van der Waals surface area contributed by atoms with E-state index in [1.165, 1.54) is 23.9 Å². The van der Waals surface area contributed by atoms with Crippen molar-refractivity contribution in [2.24, 2.45) is 0 Å². The maximum Gasteiger partial charge on any atom is 0.320 e. The predicted octanol–water partition coefficient (Wildman–Crippen LogP) is 2.28. The molecule has 1 aliphatic carbocycles. The van der Waals surface area contributed by atoms with Crippen molar-refractivity contribution in [1.82, 2.24) is 5.32 Å². The molecule has 0 spiro atoms. The van der Waals surface area contributed by atoms with E-state index in [0.29, 0.717) is 18.2 Å². The summed E-state index contributed by atoms with van der Waals surface area (Å²) in [5, 5.41) is 22.7. The minimum atomic E-state index is -0.818. The Hall–Kier alpha value is -1.60. The highest BCUT2D eigenvalue weighted by Crippen LogP contribution is 2.24. The van der Waals surface area contributed by atoms with E-state index < -0.39 is 16.9 Å². The minimum Gasteiger partial charge on any atom is -0.480 e. The number of carboxylic acid groups (broad SMARTS) is 1. The van der Waals surface area contributed by atoms with E-state index in [2.05, 4.69) is 5.32 Å². The van der Waals surface area contributed by atoms with Gasteiger partial charge in [-0.1, -0.05) is 0 Å². The Kier molecular flexibility index (Phi) is 4.97. The second kappa shape index (κ2) is 6.71. The van der Waals surface area contributed by atoms with Crippen molar-refractivity contribution in [1.29, 1.82) is 0 Å². The molecule has 0 aliphatic heterocycles. The van der Waals surface area contributed by atoms with Crippen molar-refractivity contribution < 1.29 is 14.8 Å². The van der Waals surface area contributed by atoms with Gasteiger partial charge in [0.05, 0.1) is 4.92 Å². The van der Waals surface area contributed by atoms with Crippen LogP contribution < -0.4 is 5.32 Å². The van der Waals surface area contributed by atoms with Gasteiger partial charge in [0.1, 0.15) is 6.04 Å². The maximum absolute atomic E-state index is 11.1. The Bertz CT molecular complexity index is 488. The summed E-state index contributed by atoms with van der Waals surface area (Å²) in [5.74, 6) is -0.157. The second-order valence-electron chi connectivity index (χ2n) is 4.72. The number of aliphatic carboxylic acids is 1. The fourth-order valence-corrected chi connectivity index (χ4v) is 2.69. The molecule has 1 fully saturated rings. The van der Waals surface area contributed by atoms with Gasteiger partial charge in [-0.3, -0.25) is 14.9 Å². The Balaban J connectivity index is 1.78. The van der Waals surface area contributed by atoms with Crippen molar-refractivity contribution in [3.63, 3.8) is 0 Å². The van der Waals surface area contributed by atoms with E-state index in [9.17, 15) is 14.9 Å². The van der Waals surface area contributed by atoms with Crippen LogP contribution in [0.25, 0.3) is 0 Å². The second-order valence-corrected chi connectivity index (χ2v) is 5.89. The van der Waals surface area contributed by atoms with Crippen molar-refractivity contribution in [3.05, 3.63) is 34.4 Å². The first-order chi connectivity index (χ1) is 9.56. The lowest BCUT2D eigenvalue weighted by Gasteiger charge is -2.13. The molecule has 1 unspecified atom stereocenters. The highest BCUT2D eigenvalue weighted by Gasteiger charge is 2.27. The highest BCUT2D eigenvalue weighted by atomic mass is 32.2. The Labute approximate surface area is 120 Å². The molecule has 7 heteroatoms. The number of carboxylic acids is 1. The summed E-state index contributed by atoms with van der Waals surface area (Å²) in [7, 11) is 0. The summed E-state index contributed by atoms with van der Waals surface area (Å²) < 4.78 is 0. The van der Waals surface area contributed by atoms with Gasteiger partial charge in [-0.2, -0.15) is 0 Å². The van der Waals surface area contributed by atoms with E-state index in [4.69, 9.17) is 5.11 Å². The van der Waals surface area contributed by atoms with Crippen LogP contribution in [-0.2, 0) is 4.79 Å². The molecule has 1 aromatic carbocycles. The molecule has 1 saturated carbocycles. The van der Waals surface area contributed by atoms with E-state index >= 15 is 0 Å². The molecule has 0 saturated heterocycles. The SMILES string of the molecule is O=C(O)C(CCSc1ccc([N+](=O)[O-])cc1)NC1CC1. The largest absolute Gasteiger partial charge is 0.480 e. The first-order valence-electron chi connectivity index (χ1n) is 6.42. The Morgan fingerprint density at radius 3 is 2.60 bits per heavy atom. The van der Waals surface area contributed by atoms with Gasteiger partial charge in [0, 0.05) is 28.8 Å². The van der Waals surface area contributed by atoms with Crippen LogP contribution in [0.5, 0.6) is 0 Å². The standard InChI is InChI=1S/C13H16N2O4S/c16-13(17)12(14-9-1-2-9)7-8-20-11-5-3-10(4-6-11)15(18)19/h3-6,9,12,14H,1-2,7-8H2,(H,16,17). The summed E-state index contributed by atoms with van der Waals surface area (Å²) >= 11 is 1.51. The van der Waals surface area contributed by atoms with E-state index in [1.54, 1.807) is 12.1 Å². The van der Waals surface area contributed by atoms with Gasteiger partial charge in [0.25, 0.3) is 5.69 Å². The summed E-state index contributed by atoms with van der Waals surface area (Å²) in [5.41, 5.74) is 0.0631. The van der Waals surface area contributed by atoms with Crippen molar-refractivity contribution in [3.8, 4) is 0 Å². The fraction of sp³-hybridized carbons (Fsp3) is 0.462. The summed E-state index contributed by atoms with van der Waals surface area (Å²) in [6.45, 7) is 0. The normalized spacial score (nSPS) is 15.8. The molecule has 1 aliphatic rings. The molecule has 1 aromatic rings. The number of benzene rings is 1. The molecule has 0 amide bonds. The number of hydrogen-bond donors (Lipinski definition) is 2. The lowest BCUT2D eigenvalue weighted by Crippen LogP contribution is -2.38. The van der Waals surface area contributed by atoms with Crippen LogP contribution in [0.2, 0.25) is 0 Å². The minimum absolute atomic E-state index is 0.0631. The van der Waals surface area contributed by atoms with Crippen LogP contribution in [-0.4, -0.2) is 33.8 Å². The molecule has 0 bridgehead atoms. The first kappa shape index (κ1) is 14.8. The van der Waals surface area contributed by atoms with Crippen LogP contribution in [0.1, 0.15) is 19.3 Å². The molecular weight excluding hydrogens is 280 g/mol. The van der Waals surface area contributed by atoms with Gasteiger partial charge >= 0.3 is 5.97 Å². The first-order valence-corrected chi connectivity index (χ1v) is 7.41. The molecule has 0 radical (unpaired) electrons. The summed E-state index contributed by atoms with van der Waals surface area (Å²) in [4.78, 5) is 22.1. The quantitative estimate of drug-likeness (QED) is 0.434. The third-order valence-electron chi connectivity index (χ3n) is 3.04. The summed E-state index contributed by atoms with van der Waals surface area (Å²) in [6, 6.07) is 6.15. The zero-order valence-electron chi connectivity index (χ0n) is 10.8. The average Bonchev–Trinajstić information content (AvgIpc) is 3.22. The number of non-ortho nitro benzene ring substituents is 1. The molecule has 0 heterocycles. The van der Waals surface area contributed by atoms with E-state index in [0.717, 1.165) is 17.7 Å². The topological polar surface area (TPSA) is 92.5 Å². The van der Waals surface area contributed by atoms with Crippen LogP contribution in [0, 0.1) is 10.1 Å². The smallest absolute Gasteiger partial charge is 0.320 e. The molecule has 2 rings (SSSR count). The number of rotatable bonds is 8. The predicted molar refractivity (Wildman–Crippen MR) is 76.0 cm³/mol. The zero-order chi connectivity index (χ0) is 14.5. The van der Waals surface area contributed by atoms with Crippen LogP contribution in [0.3, 0.4) is 0 Å². The monoisotopic (exact) mass is 296 g/mol. The molecule has 0 aromatic heterocycles. The molecular formula is C13H16N2O4S. The third-order valence-corrected chi connectivity index (χ3v) is 4.08. The van der Waals surface area contributed by atoms with Gasteiger partial charge in [-0.05, 0) is 31.4 Å². The van der Waals surface area contributed by atoms with Crippen molar-refractivity contribution in [2.75, 3.05) is 5.75 Å². The van der Waals surface area contributed by atoms with Gasteiger partial charge in [-0.15, -0.1) is 11.8 Å². The molecule has 108 valence electrons. The summed E-state index contributed by atoms with van der Waals surface area (Å²) in [6.07, 6.45) is 2.64. The lowest BCUT2D eigenvalue weighted by molar-refractivity contribution is -0.384. The van der Waals surface area contributed by atoms with Crippen molar-refractivity contribution >= 4 is 23.4 Å².